The van der Waals surface area contributed by atoms with Gasteiger partial charge in [0.25, 0.3) is 0 Å². The van der Waals surface area contributed by atoms with Gasteiger partial charge in [-0.15, -0.1) is 0 Å². The summed E-state index contributed by atoms with van der Waals surface area (Å²) in [6.07, 6.45) is 6.06. The van der Waals surface area contributed by atoms with Crippen LogP contribution in [0.4, 0.5) is 5.69 Å². The van der Waals surface area contributed by atoms with Crippen LogP contribution in [0.2, 0.25) is 5.02 Å². The molecule has 1 saturated carbocycles. The third-order valence-corrected chi connectivity index (χ3v) is 9.98. The molecule has 0 spiro atoms. The molecule has 1 aliphatic carbocycles. The number of ether oxygens (including phenoxy) is 1. The zero-order valence-electron chi connectivity index (χ0n) is 25.1. The van der Waals surface area contributed by atoms with E-state index in [0.717, 1.165) is 76.2 Å². The van der Waals surface area contributed by atoms with Gasteiger partial charge in [-0.3, -0.25) is 0 Å². The van der Waals surface area contributed by atoms with Crippen molar-refractivity contribution in [2.24, 2.45) is 0 Å². The van der Waals surface area contributed by atoms with Crippen molar-refractivity contribution in [2.75, 3.05) is 19.0 Å². The van der Waals surface area contributed by atoms with E-state index in [-0.39, 0.29) is 0 Å². The van der Waals surface area contributed by atoms with E-state index in [9.17, 15) is 9.90 Å². The molecular weight excluding hydrogens is 582 g/mol. The summed E-state index contributed by atoms with van der Waals surface area (Å²) in [6, 6.07) is 26.5. The number of rotatable bonds is 5. The summed E-state index contributed by atoms with van der Waals surface area (Å²) in [5.74, 6) is 0.354. The molecule has 2 aromatic heterocycles. The maximum Gasteiger partial charge on any atom is 0.335 e. The highest BCUT2D eigenvalue weighted by molar-refractivity contribution is 6.30. The lowest BCUT2D eigenvalue weighted by Gasteiger charge is -2.24. The molecule has 226 valence electrons. The smallest absolute Gasteiger partial charge is 0.335 e. The van der Waals surface area contributed by atoms with E-state index < -0.39 is 5.97 Å². The fraction of sp³-hybridized carbons (Fsp3) is 0.237. The number of halogens is 1. The van der Waals surface area contributed by atoms with E-state index in [1.165, 1.54) is 41.5 Å². The number of aromatic amines is 1. The number of carboxylic acids is 1. The average Bonchev–Trinajstić information content (AvgIpc) is 3.59. The van der Waals surface area contributed by atoms with Crippen LogP contribution in [0.15, 0.2) is 78.9 Å². The van der Waals surface area contributed by atoms with Gasteiger partial charge in [-0.1, -0.05) is 55.1 Å². The standard InChI is InChI=1S/C38H34ClN3O3/c1-45-26-12-14-27(22-7-10-25(39)11-8-22)30(20-26)33-21-31-32(41-33)16-15-29-36(31)40-17-18-42-34-19-24(38(43)44)9-13-28(34)35(37(29)42)23-5-3-2-4-6-23/h7-16,19-21,23,40-41H,2-6,17-18H2,1H3,(H,43,44). The number of methoxy groups -OCH3 is 1. The first kappa shape index (κ1) is 27.8. The quantitative estimate of drug-likeness (QED) is 0.180. The molecule has 1 fully saturated rings. The van der Waals surface area contributed by atoms with Crippen molar-refractivity contribution in [1.29, 1.82) is 0 Å². The Hall–Kier alpha value is -4.68. The second-order valence-electron chi connectivity index (χ2n) is 12.3. The number of nitrogens with zero attached hydrogens (tertiary/aromatic N) is 1. The largest absolute Gasteiger partial charge is 0.497 e. The minimum absolute atomic E-state index is 0.330. The van der Waals surface area contributed by atoms with E-state index in [1.54, 1.807) is 13.2 Å². The maximum absolute atomic E-state index is 12.0. The number of hydrogen-bond donors (Lipinski definition) is 3. The Bertz CT molecular complexity index is 2100. The van der Waals surface area contributed by atoms with Gasteiger partial charge in [0.15, 0.2) is 0 Å². The Morgan fingerprint density at radius 3 is 2.47 bits per heavy atom. The van der Waals surface area contributed by atoms with Gasteiger partial charge in [0.1, 0.15) is 5.75 Å². The number of hydrogen-bond acceptors (Lipinski definition) is 3. The topological polar surface area (TPSA) is 79.3 Å². The summed E-state index contributed by atoms with van der Waals surface area (Å²) in [6.45, 7) is 1.49. The molecule has 3 N–H and O–H groups in total. The van der Waals surface area contributed by atoms with E-state index in [0.29, 0.717) is 16.5 Å². The first-order valence-corrected chi connectivity index (χ1v) is 16.1. The number of anilines is 1. The Morgan fingerprint density at radius 2 is 1.69 bits per heavy atom. The van der Waals surface area contributed by atoms with Crippen molar-refractivity contribution >= 4 is 45.1 Å². The van der Waals surface area contributed by atoms with Crippen molar-refractivity contribution in [3.8, 4) is 39.4 Å². The first-order valence-electron chi connectivity index (χ1n) is 15.7. The third-order valence-electron chi connectivity index (χ3n) is 9.73. The molecule has 0 atom stereocenters. The Balaban J connectivity index is 1.34. The summed E-state index contributed by atoms with van der Waals surface area (Å²) in [5, 5.41) is 16.6. The summed E-state index contributed by atoms with van der Waals surface area (Å²) in [7, 11) is 1.69. The second-order valence-corrected chi connectivity index (χ2v) is 12.7. The van der Waals surface area contributed by atoms with Gasteiger partial charge >= 0.3 is 5.97 Å². The maximum atomic E-state index is 12.0. The SMILES string of the molecule is COc1ccc(-c2ccc(Cl)cc2)c(-c2cc3c4c(ccc3[nH]2)-c2c(C3CCCCC3)c3ccc(C(=O)O)cc3n2CCN4)c1. The van der Waals surface area contributed by atoms with Gasteiger partial charge in [0.2, 0.25) is 0 Å². The fourth-order valence-electron chi connectivity index (χ4n) is 7.62. The summed E-state index contributed by atoms with van der Waals surface area (Å²) in [4.78, 5) is 15.7. The summed E-state index contributed by atoms with van der Waals surface area (Å²) in [5.41, 5.74) is 11.5. The predicted octanol–water partition coefficient (Wildman–Crippen LogP) is 9.96. The van der Waals surface area contributed by atoms with Crippen LogP contribution < -0.4 is 10.1 Å². The highest BCUT2D eigenvalue weighted by Crippen LogP contribution is 2.48. The predicted molar refractivity (Wildman–Crippen MR) is 183 cm³/mol. The van der Waals surface area contributed by atoms with Crippen molar-refractivity contribution in [3.63, 3.8) is 0 Å². The monoisotopic (exact) mass is 615 g/mol. The van der Waals surface area contributed by atoms with Crippen LogP contribution in [-0.2, 0) is 6.54 Å². The molecule has 0 radical (unpaired) electrons. The molecule has 0 amide bonds. The van der Waals surface area contributed by atoms with Crippen LogP contribution in [-0.4, -0.2) is 34.3 Å². The number of carbonyl (C=O) groups is 1. The highest BCUT2D eigenvalue weighted by Gasteiger charge is 2.30. The number of H-pyrrole nitrogens is 1. The van der Waals surface area contributed by atoms with Gasteiger partial charge in [-0.25, -0.2) is 4.79 Å². The van der Waals surface area contributed by atoms with Crippen molar-refractivity contribution in [2.45, 2.75) is 44.6 Å². The number of aromatic carboxylic acids is 1. The normalized spacial score (nSPS) is 15.0. The van der Waals surface area contributed by atoms with Gasteiger partial charge < -0.3 is 24.7 Å². The van der Waals surface area contributed by atoms with E-state index in [2.05, 4.69) is 45.2 Å². The second kappa shape index (κ2) is 11.0. The van der Waals surface area contributed by atoms with Crippen LogP contribution in [0.3, 0.4) is 0 Å². The molecular formula is C38H34ClN3O3. The van der Waals surface area contributed by atoms with Crippen LogP contribution in [0.5, 0.6) is 5.75 Å². The van der Waals surface area contributed by atoms with E-state index in [4.69, 9.17) is 16.3 Å². The van der Waals surface area contributed by atoms with Crippen LogP contribution >= 0.6 is 11.6 Å². The van der Waals surface area contributed by atoms with Gasteiger partial charge in [-0.2, -0.15) is 0 Å². The van der Waals surface area contributed by atoms with Crippen LogP contribution in [0.1, 0.15) is 53.9 Å². The van der Waals surface area contributed by atoms with Crippen LogP contribution in [0, 0.1) is 0 Å². The Morgan fingerprint density at radius 1 is 0.889 bits per heavy atom. The van der Waals surface area contributed by atoms with E-state index in [1.807, 2.05) is 42.5 Å². The minimum atomic E-state index is -0.893. The highest BCUT2D eigenvalue weighted by atomic mass is 35.5. The summed E-state index contributed by atoms with van der Waals surface area (Å²) >= 11 is 6.22. The van der Waals surface area contributed by atoms with Crippen LogP contribution in [0.25, 0.3) is 55.4 Å². The molecule has 6 aromatic rings. The number of benzene rings is 4. The zero-order valence-corrected chi connectivity index (χ0v) is 25.9. The molecule has 0 bridgehead atoms. The molecule has 3 heterocycles. The fourth-order valence-corrected chi connectivity index (χ4v) is 7.75. The average molecular weight is 616 g/mol. The van der Waals surface area contributed by atoms with Gasteiger partial charge in [0, 0.05) is 56.7 Å². The molecule has 1 aliphatic heterocycles. The number of carboxylic acid groups (broad SMARTS) is 1. The van der Waals surface area contributed by atoms with E-state index >= 15 is 0 Å². The first-order chi connectivity index (χ1) is 22.0. The number of aromatic nitrogens is 2. The van der Waals surface area contributed by atoms with Crippen molar-refractivity contribution < 1.29 is 14.6 Å². The Labute approximate surface area is 266 Å². The Kier molecular flexibility index (Phi) is 6.83. The molecule has 0 saturated heterocycles. The molecule has 7 heteroatoms. The lowest BCUT2D eigenvalue weighted by Crippen LogP contribution is -2.08. The number of fused-ring (bicyclic) bond motifs is 7. The van der Waals surface area contributed by atoms with Gasteiger partial charge in [-0.05, 0) is 90.0 Å². The number of nitrogens with one attached hydrogen (secondary N) is 2. The van der Waals surface area contributed by atoms with Gasteiger partial charge in [0.05, 0.1) is 24.1 Å². The lowest BCUT2D eigenvalue weighted by molar-refractivity contribution is 0.0697. The molecule has 4 aromatic carbocycles. The summed E-state index contributed by atoms with van der Waals surface area (Å²) < 4.78 is 8.01. The zero-order chi connectivity index (χ0) is 30.7. The molecule has 6 nitrogen and oxygen atoms in total. The minimum Gasteiger partial charge on any atom is -0.497 e. The van der Waals surface area contributed by atoms with Crippen molar-refractivity contribution in [1.82, 2.24) is 9.55 Å². The lowest BCUT2D eigenvalue weighted by atomic mass is 9.81. The molecule has 8 rings (SSSR count). The molecule has 2 aliphatic rings. The molecule has 0 unspecified atom stereocenters. The third kappa shape index (κ3) is 4.67. The van der Waals surface area contributed by atoms with Crippen molar-refractivity contribution in [3.05, 3.63) is 95.0 Å². The molecule has 45 heavy (non-hydrogen) atoms.